The van der Waals surface area contributed by atoms with Gasteiger partial charge in [0.05, 0.1) is 10.6 Å². The van der Waals surface area contributed by atoms with Gasteiger partial charge >= 0.3 is 0 Å². The number of aryl methyl sites for hydroxylation is 1. The molecule has 1 atom stereocenters. The fourth-order valence-electron chi connectivity index (χ4n) is 2.00. The number of aromatic nitrogens is 2. The van der Waals surface area contributed by atoms with Crippen LogP contribution in [0.25, 0.3) is 11.3 Å². The zero-order chi connectivity index (χ0) is 14.9. The van der Waals surface area contributed by atoms with E-state index in [2.05, 4.69) is 12.0 Å². The molecule has 6 nitrogen and oxygen atoms in total. The molecule has 1 aromatic carbocycles. The molecule has 0 radical (unpaired) electrons. The van der Waals surface area contributed by atoms with Crippen LogP contribution in [0.5, 0.6) is 0 Å². The van der Waals surface area contributed by atoms with Crippen molar-refractivity contribution in [3.05, 3.63) is 40.1 Å². The average Bonchev–Trinajstić information content (AvgIpc) is 2.80. The molecule has 20 heavy (non-hydrogen) atoms. The Morgan fingerprint density at radius 1 is 1.50 bits per heavy atom. The molecular formula is C14H18N4O2. The Balaban J connectivity index is 2.49. The first-order valence-corrected chi connectivity index (χ1v) is 6.54. The molecule has 0 saturated carbocycles. The largest absolute Gasteiger partial charge is 0.396 e. The first-order valence-electron chi connectivity index (χ1n) is 6.54. The SMILES string of the molecule is CCC(C)n1cc(N)c(-c2ccc(C)c([N+](=O)[O-])c2)n1. The third-order valence-corrected chi connectivity index (χ3v) is 3.48. The van der Waals surface area contributed by atoms with Gasteiger partial charge in [-0.15, -0.1) is 0 Å². The van der Waals surface area contributed by atoms with Gasteiger partial charge in [0.1, 0.15) is 5.69 Å². The molecule has 0 bridgehead atoms. The van der Waals surface area contributed by atoms with Gasteiger partial charge in [0.15, 0.2) is 0 Å². The third kappa shape index (κ3) is 2.49. The normalized spacial score (nSPS) is 12.3. The number of hydrogen-bond donors (Lipinski definition) is 1. The summed E-state index contributed by atoms with van der Waals surface area (Å²) in [5.41, 5.74) is 8.47. The molecule has 106 valence electrons. The highest BCUT2D eigenvalue weighted by molar-refractivity contribution is 5.74. The molecular weight excluding hydrogens is 256 g/mol. The molecule has 0 spiro atoms. The summed E-state index contributed by atoms with van der Waals surface area (Å²) >= 11 is 0. The van der Waals surface area contributed by atoms with Crippen LogP contribution in [0.1, 0.15) is 31.9 Å². The Labute approximate surface area is 117 Å². The van der Waals surface area contributed by atoms with E-state index in [0.717, 1.165) is 6.42 Å². The Hall–Kier alpha value is -2.37. The van der Waals surface area contributed by atoms with Gasteiger partial charge in [-0.25, -0.2) is 0 Å². The maximum absolute atomic E-state index is 11.0. The van der Waals surface area contributed by atoms with Crippen LogP contribution in [-0.2, 0) is 0 Å². The third-order valence-electron chi connectivity index (χ3n) is 3.48. The summed E-state index contributed by atoms with van der Waals surface area (Å²) in [4.78, 5) is 10.6. The topological polar surface area (TPSA) is 87.0 Å². The monoisotopic (exact) mass is 274 g/mol. The molecule has 0 fully saturated rings. The number of nitro benzene ring substituents is 1. The lowest BCUT2D eigenvalue weighted by Gasteiger charge is -2.07. The summed E-state index contributed by atoms with van der Waals surface area (Å²) in [5.74, 6) is 0. The Bertz CT molecular complexity index is 649. The molecule has 0 aliphatic carbocycles. The van der Waals surface area contributed by atoms with Gasteiger partial charge in [-0.1, -0.05) is 19.1 Å². The maximum Gasteiger partial charge on any atom is 0.272 e. The second-order valence-corrected chi connectivity index (χ2v) is 4.93. The number of nitro groups is 1. The van der Waals surface area contributed by atoms with E-state index >= 15 is 0 Å². The summed E-state index contributed by atoms with van der Waals surface area (Å²) in [6.07, 6.45) is 2.71. The van der Waals surface area contributed by atoms with Crippen molar-refractivity contribution < 1.29 is 4.92 Å². The number of benzene rings is 1. The second kappa shape index (κ2) is 5.32. The average molecular weight is 274 g/mol. The fraction of sp³-hybridized carbons (Fsp3) is 0.357. The van der Waals surface area contributed by atoms with Crippen molar-refractivity contribution in [2.45, 2.75) is 33.2 Å². The zero-order valence-electron chi connectivity index (χ0n) is 11.8. The van der Waals surface area contributed by atoms with E-state index in [1.54, 1.807) is 23.9 Å². The van der Waals surface area contributed by atoms with Crippen molar-refractivity contribution in [2.75, 3.05) is 5.73 Å². The van der Waals surface area contributed by atoms with Crippen LogP contribution in [0, 0.1) is 17.0 Å². The Kier molecular flexibility index (Phi) is 3.74. The minimum absolute atomic E-state index is 0.0833. The van der Waals surface area contributed by atoms with Gasteiger partial charge in [-0.05, 0) is 20.3 Å². The van der Waals surface area contributed by atoms with Crippen LogP contribution in [0.3, 0.4) is 0 Å². The van der Waals surface area contributed by atoms with Crippen molar-refractivity contribution in [3.63, 3.8) is 0 Å². The fourth-order valence-corrected chi connectivity index (χ4v) is 2.00. The lowest BCUT2D eigenvalue weighted by molar-refractivity contribution is -0.385. The summed E-state index contributed by atoms with van der Waals surface area (Å²) in [5, 5.41) is 15.4. The smallest absolute Gasteiger partial charge is 0.272 e. The van der Waals surface area contributed by atoms with Crippen LogP contribution >= 0.6 is 0 Å². The van der Waals surface area contributed by atoms with Gasteiger partial charge in [0.25, 0.3) is 5.69 Å². The van der Waals surface area contributed by atoms with Crippen molar-refractivity contribution in [1.82, 2.24) is 9.78 Å². The second-order valence-electron chi connectivity index (χ2n) is 4.93. The predicted octanol–water partition coefficient (Wildman–Crippen LogP) is 3.32. The van der Waals surface area contributed by atoms with Crippen LogP contribution in [-0.4, -0.2) is 14.7 Å². The van der Waals surface area contributed by atoms with Crippen LogP contribution in [0.15, 0.2) is 24.4 Å². The minimum atomic E-state index is -0.388. The molecule has 1 aromatic heterocycles. The highest BCUT2D eigenvalue weighted by Gasteiger charge is 2.16. The Morgan fingerprint density at radius 3 is 2.80 bits per heavy atom. The molecule has 2 N–H and O–H groups in total. The van der Waals surface area contributed by atoms with E-state index in [-0.39, 0.29) is 16.7 Å². The number of nitrogens with zero attached hydrogens (tertiary/aromatic N) is 3. The molecule has 2 rings (SSSR count). The standard InChI is InChI=1S/C14H18N4O2/c1-4-10(3)17-8-12(15)14(16-17)11-6-5-9(2)13(7-11)18(19)20/h5-8,10H,4,15H2,1-3H3. The van der Waals surface area contributed by atoms with Crippen molar-refractivity contribution in [2.24, 2.45) is 0 Å². The van der Waals surface area contributed by atoms with Crippen LogP contribution < -0.4 is 5.73 Å². The lowest BCUT2D eigenvalue weighted by atomic mass is 10.1. The molecule has 0 aliphatic rings. The highest BCUT2D eigenvalue weighted by Crippen LogP contribution is 2.30. The van der Waals surface area contributed by atoms with E-state index < -0.39 is 0 Å². The minimum Gasteiger partial charge on any atom is -0.396 e. The van der Waals surface area contributed by atoms with Crippen LogP contribution in [0.2, 0.25) is 0 Å². The van der Waals surface area contributed by atoms with E-state index in [9.17, 15) is 10.1 Å². The van der Waals surface area contributed by atoms with Gasteiger partial charge in [-0.2, -0.15) is 5.10 Å². The molecule has 0 amide bonds. The highest BCUT2D eigenvalue weighted by atomic mass is 16.6. The molecule has 2 aromatic rings. The molecule has 1 heterocycles. The molecule has 1 unspecified atom stereocenters. The maximum atomic E-state index is 11.0. The first-order chi connectivity index (χ1) is 9.43. The summed E-state index contributed by atoms with van der Waals surface area (Å²) in [6.45, 7) is 5.83. The first kappa shape index (κ1) is 14.0. The summed E-state index contributed by atoms with van der Waals surface area (Å²) < 4.78 is 1.80. The van der Waals surface area contributed by atoms with Crippen molar-refractivity contribution in [1.29, 1.82) is 0 Å². The van der Waals surface area contributed by atoms with E-state index in [0.29, 0.717) is 22.5 Å². The number of nitrogen functional groups attached to an aromatic ring is 1. The van der Waals surface area contributed by atoms with Crippen LogP contribution in [0.4, 0.5) is 11.4 Å². The van der Waals surface area contributed by atoms with Gasteiger partial charge < -0.3 is 5.73 Å². The zero-order valence-corrected chi connectivity index (χ0v) is 11.8. The Morgan fingerprint density at radius 2 is 2.20 bits per heavy atom. The summed E-state index contributed by atoms with van der Waals surface area (Å²) in [6, 6.07) is 5.29. The molecule has 6 heteroatoms. The number of rotatable bonds is 4. The number of nitrogens with two attached hydrogens (primary N) is 1. The predicted molar refractivity (Wildman–Crippen MR) is 78.5 cm³/mol. The molecule has 0 aliphatic heterocycles. The van der Waals surface area contributed by atoms with E-state index in [1.807, 2.05) is 13.0 Å². The quantitative estimate of drug-likeness (QED) is 0.684. The van der Waals surface area contributed by atoms with Gasteiger partial charge in [0, 0.05) is 29.4 Å². The van der Waals surface area contributed by atoms with Crippen molar-refractivity contribution >= 4 is 11.4 Å². The number of hydrogen-bond acceptors (Lipinski definition) is 4. The summed E-state index contributed by atoms with van der Waals surface area (Å²) in [7, 11) is 0. The van der Waals surface area contributed by atoms with Gasteiger partial charge in [0.2, 0.25) is 0 Å². The van der Waals surface area contributed by atoms with Gasteiger partial charge in [-0.3, -0.25) is 14.8 Å². The number of anilines is 1. The van der Waals surface area contributed by atoms with E-state index in [1.165, 1.54) is 6.07 Å². The van der Waals surface area contributed by atoms with E-state index in [4.69, 9.17) is 5.73 Å². The lowest BCUT2D eigenvalue weighted by Crippen LogP contribution is -2.04. The molecule has 0 saturated heterocycles. The van der Waals surface area contributed by atoms with Crippen molar-refractivity contribution in [3.8, 4) is 11.3 Å².